The quantitative estimate of drug-likeness (QED) is 0.801. The van der Waals surface area contributed by atoms with Gasteiger partial charge in [-0.05, 0) is 37.1 Å². The van der Waals surface area contributed by atoms with Crippen molar-refractivity contribution in [2.75, 3.05) is 5.88 Å². The molecular weight excluding hydrogens is 304 g/mol. The van der Waals surface area contributed by atoms with Crippen LogP contribution in [0.15, 0.2) is 27.1 Å². The summed E-state index contributed by atoms with van der Waals surface area (Å²) in [7, 11) is 0. The summed E-state index contributed by atoms with van der Waals surface area (Å²) in [5.74, 6) is 1.80. The van der Waals surface area contributed by atoms with Crippen LogP contribution in [0.25, 0.3) is 11.5 Å². The molecule has 0 aliphatic heterocycles. The molecule has 2 rings (SSSR count). The molecule has 0 saturated carbocycles. The second-order valence-electron chi connectivity index (χ2n) is 3.81. The Balaban J connectivity index is 2.24. The van der Waals surface area contributed by atoms with E-state index in [0.29, 0.717) is 17.7 Å². The summed E-state index contributed by atoms with van der Waals surface area (Å²) in [4.78, 5) is 0. The number of benzene rings is 1. The highest BCUT2D eigenvalue weighted by Gasteiger charge is 2.09. The number of halogens is 2. The van der Waals surface area contributed by atoms with Gasteiger partial charge in [0, 0.05) is 22.3 Å². The second kappa shape index (κ2) is 5.65. The molecule has 17 heavy (non-hydrogen) atoms. The highest BCUT2D eigenvalue weighted by molar-refractivity contribution is 9.10. The number of aryl methyl sites for hydroxylation is 2. The first-order valence-electron chi connectivity index (χ1n) is 5.35. The molecule has 0 atom stereocenters. The zero-order chi connectivity index (χ0) is 12.3. The van der Waals surface area contributed by atoms with Gasteiger partial charge in [-0.2, -0.15) is 0 Å². The smallest absolute Gasteiger partial charge is 0.247 e. The van der Waals surface area contributed by atoms with Crippen molar-refractivity contribution in [2.24, 2.45) is 0 Å². The fraction of sp³-hybridized carbons (Fsp3) is 0.333. The average molecular weight is 316 g/mol. The van der Waals surface area contributed by atoms with Crippen molar-refractivity contribution < 1.29 is 4.42 Å². The van der Waals surface area contributed by atoms with Crippen LogP contribution in [0.2, 0.25) is 0 Å². The zero-order valence-electron chi connectivity index (χ0n) is 9.41. The second-order valence-corrected chi connectivity index (χ2v) is 5.10. The molecule has 0 radical (unpaired) electrons. The SMILES string of the molecule is Cc1cc(Br)cc(-c2nnc(CCCCl)o2)c1. The van der Waals surface area contributed by atoms with Crippen molar-refractivity contribution >= 4 is 27.5 Å². The van der Waals surface area contributed by atoms with E-state index in [9.17, 15) is 0 Å². The summed E-state index contributed by atoms with van der Waals surface area (Å²) in [6.45, 7) is 2.03. The number of nitrogens with zero attached hydrogens (tertiary/aromatic N) is 2. The Hall–Kier alpha value is -0.870. The van der Waals surface area contributed by atoms with Crippen LogP contribution in [-0.2, 0) is 6.42 Å². The first kappa shape index (κ1) is 12.6. The maximum atomic E-state index is 5.62. The van der Waals surface area contributed by atoms with Crippen molar-refractivity contribution in [2.45, 2.75) is 19.8 Å². The summed E-state index contributed by atoms with van der Waals surface area (Å²) >= 11 is 9.07. The van der Waals surface area contributed by atoms with Crippen molar-refractivity contribution in [1.82, 2.24) is 10.2 Å². The van der Waals surface area contributed by atoms with E-state index in [1.807, 2.05) is 25.1 Å². The van der Waals surface area contributed by atoms with Crippen molar-refractivity contribution in [3.8, 4) is 11.5 Å². The molecule has 0 spiro atoms. The van der Waals surface area contributed by atoms with Gasteiger partial charge in [0.2, 0.25) is 11.8 Å². The Labute approximate surface area is 113 Å². The molecular formula is C12H12BrClN2O. The number of aromatic nitrogens is 2. The van der Waals surface area contributed by atoms with Gasteiger partial charge >= 0.3 is 0 Å². The predicted octanol–water partition coefficient (Wildman–Crippen LogP) is 3.98. The minimum atomic E-state index is 0.555. The molecule has 1 aromatic heterocycles. The van der Waals surface area contributed by atoms with E-state index in [2.05, 4.69) is 26.1 Å². The first-order valence-corrected chi connectivity index (χ1v) is 6.67. The standard InChI is InChI=1S/C12H12BrClN2O/c1-8-5-9(7-10(13)6-8)12-16-15-11(17-12)3-2-4-14/h5-7H,2-4H2,1H3. The molecule has 2 aromatic rings. The van der Waals surface area contributed by atoms with Crippen LogP contribution in [0, 0.1) is 6.92 Å². The lowest BCUT2D eigenvalue weighted by atomic mass is 10.1. The van der Waals surface area contributed by atoms with Crippen LogP contribution in [0.5, 0.6) is 0 Å². The average Bonchev–Trinajstić information content (AvgIpc) is 2.73. The zero-order valence-corrected chi connectivity index (χ0v) is 11.8. The van der Waals surface area contributed by atoms with E-state index in [1.54, 1.807) is 0 Å². The van der Waals surface area contributed by atoms with Gasteiger partial charge in [0.15, 0.2) is 0 Å². The lowest BCUT2D eigenvalue weighted by Gasteiger charge is -1.99. The Morgan fingerprint density at radius 2 is 2.12 bits per heavy atom. The summed E-state index contributed by atoms with van der Waals surface area (Å²) in [5.41, 5.74) is 2.08. The van der Waals surface area contributed by atoms with Crippen molar-refractivity contribution in [3.63, 3.8) is 0 Å². The monoisotopic (exact) mass is 314 g/mol. The number of rotatable bonds is 4. The molecule has 0 bridgehead atoms. The summed E-state index contributed by atoms with van der Waals surface area (Å²) in [6, 6.07) is 6.02. The topological polar surface area (TPSA) is 38.9 Å². The van der Waals surface area contributed by atoms with Crippen LogP contribution in [-0.4, -0.2) is 16.1 Å². The summed E-state index contributed by atoms with van der Waals surface area (Å²) < 4.78 is 6.59. The highest BCUT2D eigenvalue weighted by atomic mass is 79.9. The normalized spacial score (nSPS) is 10.8. The van der Waals surface area contributed by atoms with Gasteiger partial charge in [0.1, 0.15) is 0 Å². The maximum absolute atomic E-state index is 5.62. The minimum absolute atomic E-state index is 0.555. The van der Waals surface area contributed by atoms with Gasteiger partial charge < -0.3 is 4.42 Å². The van der Waals surface area contributed by atoms with Gasteiger partial charge in [-0.3, -0.25) is 0 Å². The van der Waals surface area contributed by atoms with E-state index < -0.39 is 0 Å². The molecule has 1 heterocycles. The van der Waals surface area contributed by atoms with E-state index >= 15 is 0 Å². The van der Waals surface area contributed by atoms with Gasteiger partial charge in [-0.25, -0.2) is 0 Å². The van der Waals surface area contributed by atoms with E-state index in [-0.39, 0.29) is 0 Å². The van der Waals surface area contributed by atoms with Crippen LogP contribution >= 0.6 is 27.5 Å². The lowest BCUT2D eigenvalue weighted by Crippen LogP contribution is -1.85. The summed E-state index contributed by atoms with van der Waals surface area (Å²) in [6.07, 6.45) is 1.57. The van der Waals surface area contributed by atoms with Crippen molar-refractivity contribution in [1.29, 1.82) is 0 Å². The van der Waals surface area contributed by atoms with E-state index in [1.165, 1.54) is 0 Å². The lowest BCUT2D eigenvalue weighted by molar-refractivity contribution is 0.502. The molecule has 3 nitrogen and oxygen atoms in total. The fourth-order valence-corrected chi connectivity index (χ4v) is 2.29. The molecule has 0 saturated heterocycles. The van der Waals surface area contributed by atoms with Crippen LogP contribution in [0.4, 0.5) is 0 Å². The molecule has 90 valence electrons. The van der Waals surface area contributed by atoms with Gasteiger partial charge in [-0.1, -0.05) is 15.9 Å². The van der Waals surface area contributed by atoms with E-state index in [0.717, 1.165) is 28.4 Å². The van der Waals surface area contributed by atoms with E-state index in [4.69, 9.17) is 16.0 Å². The van der Waals surface area contributed by atoms with Crippen molar-refractivity contribution in [3.05, 3.63) is 34.1 Å². The third-order valence-corrected chi connectivity index (χ3v) is 3.01. The number of alkyl halides is 1. The minimum Gasteiger partial charge on any atom is -0.421 e. The Morgan fingerprint density at radius 1 is 1.29 bits per heavy atom. The number of hydrogen-bond acceptors (Lipinski definition) is 3. The molecule has 0 amide bonds. The maximum Gasteiger partial charge on any atom is 0.247 e. The molecule has 0 fully saturated rings. The number of hydrogen-bond donors (Lipinski definition) is 0. The van der Waals surface area contributed by atoms with Crippen LogP contribution in [0.1, 0.15) is 17.9 Å². The highest BCUT2D eigenvalue weighted by Crippen LogP contribution is 2.24. The molecule has 0 aliphatic rings. The van der Waals surface area contributed by atoms with Gasteiger partial charge in [0.05, 0.1) is 0 Å². The Morgan fingerprint density at radius 3 is 2.82 bits per heavy atom. The van der Waals surface area contributed by atoms with Crippen LogP contribution in [0.3, 0.4) is 0 Å². The predicted molar refractivity (Wildman–Crippen MR) is 71.2 cm³/mol. The molecule has 0 N–H and O–H groups in total. The molecule has 0 aliphatic carbocycles. The molecule has 5 heteroatoms. The first-order chi connectivity index (χ1) is 8.19. The Kier molecular flexibility index (Phi) is 4.18. The third-order valence-electron chi connectivity index (χ3n) is 2.28. The van der Waals surface area contributed by atoms with Crippen LogP contribution < -0.4 is 0 Å². The third kappa shape index (κ3) is 3.30. The largest absolute Gasteiger partial charge is 0.421 e. The fourth-order valence-electron chi connectivity index (χ4n) is 1.55. The van der Waals surface area contributed by atoms with Gasteiger partial charge in [0.25, 0.3) is 0 Å². The summed E-state index contributed by atoms with van der Waals surface area (Å²) in [5, 5.41) is 8.04. The van der Waals surface area contributed by atoms with Gasteiger partial charge in [-0.15, -0.1) is 21.8 Å². The Bertz CT molecular complexity index is 493. The molecule has 1 aromatic carbocycles. The molecule has 0 unspecified atom stereocenters.